The fourth-order valence-corrected chi connectivity index (χ4v) is 3.19. The van der Waals surface area contributed by atoms with Gasteiger partial charge < -0.3 is 10.5 Å². The first-order chi connectivity index (χ1) is 9.70. The summed E-state index contributed by atoms with van der Waals surface area (Å²) in [5.41, 5.74) is 7.46. The average molecular weight is 340 g/mol. The fraction of sp³-hybridized carbons (Fsp3) is 0.647. The van der Waals surface area contributed by atoms with Crippen LogP contribution in [-0.2, 0) is 4.74 Å². The maximum Gasteiger partial charge on any atom is 0.0975 e. The van der Waals surface area contributed by atoms with E-state index in [1.165, 1.54) is 37.7 Å². The van der Waals surface area contributed by atoms with E-state index in [0.29, 0.717) is 0 Å². The number of hydrogen-bond acceptors (Lipinski definition) is 2. The number of hydrogen-bond donors (Lipinski definition) is 1. The first kappa shape index (κ1) is 16.0. The smallest absolute Gasteiger partial charge is 0.0975 e. The molecule has 20 heavy (non-hydrogen) atoms. The topological polar surface area (TPSA) is 35.2 Å². The summed E-state index contributed by atoms with van der Waals surface area (Å²) in [5.74, 6) is 0.728. The van der Waals surface area contributed by atoms with Crippen LogP contribution in [0.5, 0.6) is 0 Å². The monoisotopic (exact) mass is 339 g/mol. The second kappa shape index (κ2) is 8.16. The van der Waals surface area contributed by atoms with Crippen molar-refractivity contribution in [2.24, 2.45) is 11.7 Å². The summed E-state index contributed by atoms with van der Waals surface area (Å²) >= 11 is 3.48. The molecule has 0 amide bonds. The van der Waals surface area contributed by atoms with Crippen molar-refractivity contribution in [1.82, 2.24) is 0 Å². The van der Waals surface area contributed by atoms with Gasteiger partial charge in [-0.25, -0.2) is 0 Å². The van der Waals surface area contributed by atoms with Gasteiger partial charge in [0.15, 0.2) is 0 Å². The van der Waals surface area contributed by atoms with Gasteiger partial charge in [-0.2, -0.15) is 0 Å². The summed E-state index contributed by atoms with van der Waals surface area (Å²) in [4.78, 5) is 0. The van der Waals surface area contributed by atoms with E-state index < -0.39 is 0 Å². The molecule has 0 aliphatic heterocycles. The van der Waals surface area contributed by atoms with Crippen molar-refractivity contribution in [2.75, 3.05) is 6.61 Å². The highest BCUT2D eigenvalue weighted by molar-refractivity contribution is 9.10. The molecule has 1 aliphatic rings. The van der Waals surface area contributed by atoms with Crippen LogP contribution in [0.3, 0.4) is 0 Å². The predicted molar refractivity (Wildman–Crippen MR) is 87.7 cm³/mol. The summed E-state index contributed by atoms with van der Waals surface area (Å²) in [6, 6.07) is 8.43. The van der Waals surface area contributed by atoms with Gasteiger partial charge in [0.25, 0.3) is 0 Å². The van der Waals surface area contributed by atoms with E-state index in [2.05, 4.69) is 47.1 Å². The Balaban J connectivity index is 1.97. The summed E-state index contributed by atoms with van der Waals surface area (Å²) < 4.78 is 7.31. The van der Waals surface area contributed by atoms with Gasteiger partial charge in [0.1, 0.15) is 0 Å². The molecule has 1 saturated carbocycles. The molecule has 0 spiro atoms. The van der Waals surface area contributed by atoms with Crippen molar-refractivity contribution in [3.8, 4) is 0 Å². The van der Waals surface area contributed by atoms with Crippen molar-refractivity contribution in [2.45, 2.75) is 57.6 Å². The minimum atomic E-state index is 0.0232. The molecular weight excluding hydrogens is 314 g/mol. The molecule has 2 unspecified atom stereocenters. The predicted octanol–water partition coefficient (Wildman–Crippen LogP) is 4.82. The second-order valence-electron chi connectivity index (χ2n) is 5.88. The Morgan fingerprint density at radius 2 is 1.85 bits per heavy atom. The Morgan fingerprint density at radius 3 is 2.45 bits per heavy atom. The lowest BCUT2D eigenvalue weighted by atomic mass is 9.90. The third-order valence-electron chi connectivity index (χ3n) is 4.30. The Kier molecular flexibility index (Phi) is 6.53. The number of rotatable bonds is 6. The van der Waals surface area contributed by atoms with Crippen LogP contribution in [-0.4, -0.2) is 12.6 Å². The molecule has 3 heteroatoms. The van der Waals surface area contributed by atoms with Gasteiger partial charge in [-0.3, -0.25) is 0 Å². The number of halogens is 1. The van der Waals surface area contributed by atoms with E-state index in [1.54, 1.807) is 0 Å². The third-order valence-corrected chi connectivity index (χ3v) is 4.82. The zero-order valence-electron chi connectivity index (χ0n) is 12.4. The van der Waals surface area contributed by atoms with E-state index in [1.807, 2.05) is 0 Å². The molecule has 1 aliphatic carbocycles. The molecule has 2 N–H and O–H groups in total. The van der Waals surface area contributed by atoms with Gasteiger partial charge >= 0.3 is 0 Å². The molecule has 0 saturated heterocycles. The molecule has 0 aromatic heterocycles. The van der Waals surface area contributed by atoms with Crippen molar-refractivity contribution < 1.29 is 4.74 Å². The van der Waals surface area contributed by atoms with Gasteiger partial charge in [0.2, 0.25) is 0 Å². The summed E-state index contributed by atoms with van der Waals surface area (Å²) in [7, 11) is 0. The lowest BCUT2D eigenvalue weighted by molar-refractivity contribution is 0.00439. The molecule has 1 aromatic carbocycles. The van der Waals surface area contributed by atoms with E-state index >= 15 is 0 Å². The van der Waals surface area contributed by atoms with Gasteiger partial charge in [-0.05, 0) is 42.9 Å². The van der Waals surface area contributed by atoms with Crippen LogP contribution in [0.4, 0.5) is 0 Å². The molecule has 1 aromatic rings. The molecule has 2 rings (SSSR count). The van der Waals surface area contributed by atoms with Crippen molar-refractivity contribution in [3.05, 3.63) is 34.3 Å². The summed E-state index contributed by atoms with van der Waals surface area (Å²) in [6.45, 7) is 2.98. The fourth-order valence-electron chi connectivity index (χ4n) is 2.93. The molecule has 2 atom stereocenters. The number of benzene rings is 1. The second-order valence-corrected chi connectivity index (χ2v) is 6.80. The lowest BCUT2D eigenvalue weighted by Gasteiger charge is -2.28. The maximum absolute atomic E-state index is 6.27. The Labute approximate surface area is 131 Å². The Morgan fingerprint density at radius 1 is 1.20 bits per heavy atom. The highest BCUT2D eigenvalue weighted by Crippen LogP contribution is 2.28. The molecule has 112 valence electrons. The van der Waals surface area contributed by atoms with Crippen LogP contribution >= 0.6 is 15.9 Å². The van der Waals surface area contributed by atoms with Gasteiger partial charge in [0, 0.05) is 10.5 Å². The molecule has 0 radical (unpaired) electrons. The van der Waals surface area contributed by atoms with Crippen LogP contribution in [0.1, 0.15) is 57.1 Å². The third kappa shape index (κ3) is 4.57. The van der Waals surface area contributed by atoms with Crippen LogP contribution in [0, 0.1) is 5.92 Å². The Bertz CT molecular complexity index is 386. The molecule has 2 nitrogen and oxygen atoms in total. The standard InChI is InChI=1S/C17H26BrNO/c1-2-16(19)17(14-8-10-15(18)11-9-14)20-12-13-6-4-3-5-7-13/h8-11,13,16-17H,2-7,12,19H2,1H3. The number of ether oxygens (including phenoxy) is 1. The lowest BCUT2D eigenvalue weighted by Crippen LogP contribution is -2.31. The van der Waals surface area contributed by atoms with E-state index in [-0.39, 0.29) is 12.1 Å². The van der Waals surface area contributed by atoms with Crippen molar-refractivity contribution in [1.29, 1.82) is 0 Å². The van der Waals surface area contributed by atoms with Crippen molar-refractivity contribution >= 4 is 15.9 Å². The van der Waals surface area contributed by atoms with Gasteiger partial charge in [-0.15, -0.1) is 0 Å². The molecular formula is C17H26BrNO. The van der Waals surface area contributed by atoms with Crippen LogP contribution in [0.25, 0.3) is 0 Å². The SMILES string of the molecule is CCC(N)C(OCC1CCCCC1)c1ccc(Br)cc1. The molecule has 1 fully saturated rings. The highest BCUT2D eigenvalue weighted by atomic mass is 79.9. The number of nitrogens with two attached hydrogens (primary N) is 1. The van der Waals surface area contributed by atoms with Crippen LogP contribution in [0.2, 0.25) is 0 Å². The van der Waals surface area contributed by atoms with Crippen molar-refractivity contribution in [3.63, 3.8) is 0 Å². The summed E-state index contributed by atoms with van der Waals surface area (Å²) in [6.07, 6.45) is 7.69. The average Bonchev–Trinajstić information content (AvgIpc) is 2.50. The molecule has 0 heterocycles. The minimum absolute atomic E-state index is 0.0232. The zero-order chi connectivity index (χ0) is 14.4. The molecule has 0 bridgehead atoms. The highest BCUT2D eigenvalue weighted by Gasteiger charge is 2.22. The summed E-state index contributed by atoms with van der Waals surface area (Å²) in [5, 5.41) is 0. The first-order valence-electron chi connectivity index (χ1n) is 7.83. The Hall–Kier alpha value is -0.380. The maximum atomic E-state index is 6.27. The zero-order valence-corrected chi connectivity index (χ0v) is 13.9. The van der Waals surface area contributed by atoms with Crippen LogP contribution in [0.15, 0.2) is 28.7 Å². The van der Waals surface area contributed by atoms with E-state index in [9.17, 15) is 0 Å². The largest absolute Gasteiger partial charge is 0.372 e. The van der Waals surface area contributed by atoms with E-state index in [0.717, 1.165) is 23.4 Å². The first-order valence-corrected chi connectivity index (χ1v) is 8.62. The van der Waals surface area contributed by atoms with Gasteiger partial charge in [-0.1, -0.05) is 54.2 Å². The minimum Gasteiger partial charge on any atom is -0.372 e. The normalized spacial score (nSPS) is 19.8. The van der Waals surface area contributed by atoms with E-state index in [4.69, 9.17) is 10.5 Å². The van der Waals surface area contributed by atoms with Crippen LogP contribution < -0.4 is 5.73 Å². The van der Waals surface area contributed by atoms with Gasteiger partial charge in [0.05, 0.1) is 12.7 Å². The quantitative estimate of drug-likeness (QED) is 0.805.